The van der Waals surface area contributed by atoms with Crippen molar-refractivity contribution in [2.24, 2.45) is 16.5 Å². The number of rotatable bonds is 0. The summed E-state index contributed by atoms with van der Waals surface area (Å²) in [5.41, 5.74) is 13.7. The second-order valence-electron chi connectivity index (χ2n) is 3.75. The number of nitrogens with two attached hydrogens (primary N) is 2. The van der Waals surface area contributed by atoms with Gasteiger partial charge in [0.15, 0.2) is 0 Å². The Hall–Kier alpha value is -1.87. The monoisotopic (exact) mass is 197 g/mol. The summed E-state index contributed by atoms with van der Waals surface area (Å²) in [6.07, 6.45) is -0.301. The van der Waals surface area contributed by atoms with Crippen LogP contribution in [0, 0.1) is 0 Å². The largest absolute Gasteiger partial charge is 0.383 e. The molecule has 0 saturated heterocycles. The lowest BCUT2D eigenvalue weighted by atomic mass is 10.0. The molecule has 15 heavy (non-hydrogen) atoms. The van der Waals surface area contributed by atoms with E-state index in [0.29, 0.717) is 5.84 Å². The summed E-state index contributed by atoms with van der Waals surface area (Å²) >= 11 is 0. The summed E-state index contributed by atoms with van der Waals surface area (Å²) in [6.45, 7) is 0. The van der Waals surface area contributed by atoms with E-state index in [2.05, 4.69) is 29.3 Å². The summed E-state index contributed by atoms with van der Waals surface area (Å²) in [6, 6.07) is 12.3. The first kappa shape index (κ1) is 8.44. The smallest absolute Gasteiger partial charge is 0.128 e. The van der Waals surface area contributed by atoms with Gasteiger partial charge in [-0.3, -0.25) is 0 Å². The maximum absolute atomic E-state index is 5.86. The van der Waals surface area contributed by atoms with E-state index in [1.54, 1.807) is 0 Å². The predicted octanol–water partition coefficient (Wildman–Crippen LogP) is 1.52. The van der Waals surface area contributed by atoms with Crippen LogP contribution in [-0.4, -0.2) is 5.84 Å². The van der Waals surface area contributed by atoms with E-state index in [0.717, 1.165) is 11.1 Å². The molecule has 2 aromatic carbocycles. The summed E-state index contributed by atoms with van der Waals surface area (Å²) in [5.74, 6) is 0.545. The van der Waals surface area contributed by atoms with Crippen LogP contribution in [0.4, 0.5) is 0 Å². The number of hydrogen-bond acceptors (Lipinski definition) is 3. The highest BCUT2D eigenvalue weighted by molar-refractivity contribution is 6.04. The van der Waals surface area contributed by atoms with Crippen molar-refractivity contribution in [3.05, 3.63) is 47.5 Å². The summed E-state index contributed by atoms with van der Waals surface area (Å²) in [4.78, 5) is 4.15. The topological polar surface area (TPSA) is 64.4 Å². The highest BCUT2D eigenvalue weighted by Crippen LogP contribution is 2.28. The average molecular weight is 197 g/mol. The molecule has 0 radical (unpaired) electrons. The third kappa shape index (κ3) is 1.13. The zero-order chi connectivity index (χ0) is 10.4. The van der Waals surface area contributed by atoms with Gasteiger partial charge in [0.2, 0.25) is 0 Å². The van der Waals surface area contributed by atoms with Crippen LogP contribution in [0.1, 0.15) is 17.3 Å². The van der Waals surface area contributed by atoms with E-state index < -0.39 is 0 Å². The Morgan fingerprint density at radius 1 is 1.07 bits per heavy atom. The molecule has 0 aromatic heterocycles. The molecule has 1 heterocycles. The fourth-order valence-electron chi connectivity index (χ4n) is 2.01. The second-order valence-corrected chi connectivity index (χ2v) is 3.75. The number of amidine groups is 1. The highest BCUT2D eigenvalue weighted by Gasteiger charge is 2.20. The molecule has 1 aliphatic rings. The molecule has 0 aliphatic carbocycles. The standard InChI is InChI=1S/C12H11N3/c13-11-9-5-7-3-1-2-4-8(7)6-10(9)12(14)15-11/h1-6,11H,13H2,(H2,14,15). The molecule has 1 atom stereocenters. The van der Waals surface area contributed by atoms with Crippen molar-refractivity contribution >= 4 is 16.6 Å². The molecule has 3 nitrogen and oxygen atoms in total. The summed E-state index contributed by atoms with van der Waals surface area (Å²) < 4.78 is 0. The van der Waals surface area contributed by atoms with Crippen molar-refractivity contribution in [2.45, 2.75) is 6.17 Å². The molecule has 74 valence electrons. The number of aliphatic imine (C=N–C) groups is 1. The third-order valence-corrected chi connectivity index (χ3v) is 2.79. The van der Waals surface area contributed by atoms with Gasteiger partial charge in [-0.15, -0.1) is 0 Å². The Kier molecular flexibility index (Phi) is 1.58. The van der Waals surface area contributed by atoms with Crippen molar-refractivity contribution < 1.29 is 0 Å². The molecule has 3 rings (SSSR count). The fraction of sp³-hybridized carbons (Fsp3) is 0.0833. The van der Waals surface area contributed by atoms with Crippen LogP contribution in [-0.2, 0) is 0 Å². The first-order valence-corrected chi connectivity index (χ1v) is 4.87. The number of fused-ring (bicyclic) bond motifs is 2. The van der Waals surface area contributed by atoms with Gasteiger partial charge in [-0.25, -0.2) is 4.99 Å². The highest BCUT2D eigenvalue weighted by atomic mass is 15.0. The van der Waals surface area contributed by atoms with Gasteiger partial charge >= 0.3 is 0 Å². The minimum atomic E-state index is -0.301. The van der Waals surface area contributed by atoms with E-state index in [-0.39, 0.29) is 6.17 Å². The Bertz CT molecular complexity index is 572. The Labute approximate surface area is 87.4 Å². The number of hydrogen-bond donors (Lipinski definition) is 2. The second kappa shape index (κ2) is 2.81. The molecular formula is C12H11N3. The van der Waals surface area contributed by atoms with Crippen molar-refractivity contribution in [1.29, 1.82) is 0 Å². The van der Waals surface area contributed by atoms with Gasteiger partial charge in [0.05, 0.1) is 0 Å². The van der Waals surface area contributed by atoms with Crippen molar-refractivity contribution in [1.82, 2.24) is 0 Å². The molecule has 1 unspecified atom stereocenters. The molecule has 0 bridgehead atoms. The van der Waals surface area contributed by atoms with Gasteiger partial charge in [-0.1, -0.05) is 24.3 Å². The Morgan fingerprint density at radius 3 is 2.47 bits per heavy atom. The maximum atomic E-state index is 5.86. The SMILES string of the molecule is NC1=NC(N)c2cc3ccccc3cc21. The van der Waals surface area contributed by atoms with Crippen LogP contribution in [0.15, 0.2) is 41.4 Å². The lowest BCUT2D eigenvalue weighted by Gasteiger charge is -2.05. The first-order valence-electron chi connectivity index (χ1n) is 4.87. The van der Waals surface area contributed by atoms with Gasteiger partial charge in [0.1, 0.15) is 12.0 Å². The van der Waals surface area contributed by atoms with Gasteiger partial charge in [-0.2, -0.15) is 0 Å². The third-order valence-electron chi connectivity index (χ3n) is 2.79. The zero-order valence-electron chi connectivity index (χ0n) is 8.14. The maximum Gasteiger partial charge on any atom is 0.128 e. The number of nitrogens with zero attached hydrogens (tertiary/aromatic N) is 1. The van der Waals surface area contributed by atoms with Crippen LogP contribution < -0.4 is 11.5 Å². The van der Waals surface area contributed by atoms with E-state index in [1.807, 2.05) is 12.1 Å². The molecule has 0 fully saturated rings. The van der Waals surface area contributed by atoms with Crippen molar-refractivity contribution in [3.63, 3.8) is 0 Å². The minimum absolute atomic E-state index is 0.301. The normalized spacial score (nSPS) is 19.0. The average Bonchev–Trinajstić information content (AvgIpc) is 2.52. The fourth-order valence-corrected chi connectivity index (χ4v) is 2.01. The van der Waals surface area contributed by atoms with E-state index >= 15 is 0 Å². The number of benzene rings is 2. The predicted molar refractivity (Wildman–Crippen MR) is 61.6 cm³/mol. The van der Waals surface area contributed by atoms with E-state index in [9.17, 15) is 0 Å². The molecule has 0 amide bonds. The van der Waals surface area contributed by atoms with Crippen molar-refractivity contribution in [2.75, 3.05) is 0 Å². The molecular weight excluding hydrogens is 186 g/mol. The van der Waals surface area contributed by atoms with Gasteiger partial charge in [0, 0.05) is 11.1 Å². The van der Waals surface area contributed by atoms with Crippen LogP contribution in [0.25, 0.3) is 10.8 Å². The molecule has 2 aromatic rings. The van der Waals surface area contributed by atoms with Gasteiger partial charge < -0.3 is 11.5 Å². The van der Waals surface area contributed by atoms with Crippen LogP contribution in [0.2, 0.25) is 0 Å². The lowest BCUT2D eigenvalue weighted by molar-refractivity contribution is 0.796. The lowest BCUT2D eigenvalue weighted by Crippen LogP contribution is -2.10. The zero-order valence-corrected chi connectivity index (χ0v) is 8.14. The van der Waals surface area contributed by atoms with E-state index in [4.69, 9.17) is 11.5 Å². The molecule has 1 aliphatic heterocycles. The Balaban J connectivity index is 2.36. The van der Waals surface area contributed by atoms with E-state index in [1.165, 1.54) is 10.8 Å². The molecule has 3 heteroatoms. The molecule has 0 spiro atoms. The van der Waals surface area contributed by atoms with Crippen LogP contribution >= 0.6 is 0 Å². The van der Waals surface area contributed by atoms with Crippen LogP contribution in [0.5, 0.6) is 0 Å². The molecule has 4 N–H and O–H groups in total. The summed E-state index contributed by atoms with van der Waals surface area (Å²) in [5, 5.41) is 2.35. The first-order chi connectivity index (χ1) is 7.25. The Morgan fingerprint density at radius 2 is 1.73 bits per heavy atom. The quantitative estimate of drug-likeness (QED) is 0.672. The van der Waals surface area contributed by atoms with Crippen LogP contribution in [0.3, 0.4) is 0 Å². The van der Waals surface area contributed by atoms with Gasteiger partial charge in [-0.05, 0) is 22.9 Å². The molecule has 0 saturated carbocycles. The minimum Gasteiger partial charge on any atom is -0.383 e. The van der Waals surface area contributed by atoms with Crippen molar-refractivity contribution in [3.8, 4) is 0 Å². The summed E-state index contributed by atoms with van der Waals surface area (Å²) in [7, 11) is 0. The van der Waals surface area contributed by atoms with Gasteiger partial charge in [0.25, 0.3) is 0 Å².